The van der Waals surface area contributed by atoms with Gasteiger partial charge in [0.05, 0.1) is 24.2 Å². The molecule has 1 aromatic carbocycles. The van der Waals surface area contributed by atoms with Crippen LogP contribution in [-0.4, -0.2) is 39.2 Å². The molecule has 1 saturated carbocycles. The summed E-state index contributed by atoms with van der Waals surface area (Å²) < 4.78 is 36.5. The molecule has 4 nitrogen and oxygen atoms in total. The summed E-state index contributed by atoms with van der Waals surface area (Å²) in [6.45, 7) is 9.44. The monoisotopic (exact) mass is 396 g/mol. The molecule has 0 amide bonds. The van der Waals surface area contributed by atoms with Crippen LogP contribution in [0.2, 0.25) is 0 Å². The summed E-state index contributed by atoms with van der Waals surface area (Å²) in [5.74, 6) is 1.16. The summed E-state index contributed by atoms with van der Waals surface area (Å²) in [5.41, 5.74) is 1.14. The Morgan fingerprint density at radius 3 is 2.56 bits per heavy atom. The maximum absolute atomic E-state index is 12.5. The lowest BCUT2D eigenvalue weighted by atomic mass is 9.99. The van der Waals surface area contributed by atoms with Crippen LogP contribution in [0.15, 0.2) is 24.3 Å². The van der Waals surface area contributed by atoms with E-state index in [0.29, 0.717) is 25.7 Å². The van der Waals surface area contributed by atoms with Crippen molar-refractivity contribution in [2.75, 3.05) is 24.7 Å². The van der Waals surface area contributed by atoms with Crippen LogP contribution in [0.1, 0.15) is 71.3 Å². The summed E-state index contributed by atoms with van der Waals surface area (Å²) in [5, 5.41) is 0. The van der Waals surface area contributed by atoms with Crippen LogP contribution < -0.4 is 4.74 Å². The molecule has 1 fully saturated rings. The molecule has 5 heteroatoms. The van der Waals surface area contributed by atoms with Crippen molar-refractivity contribution in [2.45, 2.75) is 71.8 Å². The molecule has 27 heavy (non-hydrogen) atoms. The zero-order valence-corrected chi connectivity index (χ0v) is 18.2. The topological polar surface area (TPSA) is 52.6 Å². The largest absolute Gasteiger partial charge is 0.490 e. The van der Waals surface area contributed by atoms with Gasteiger partial charge in [-0.3, -0.25) is 0 Å². The molecule has 1 aromatic rings. The third kappa shape index (κ3) is 8.65. The van der Waals surface area contributed by atoms with Gasteiger partial charge in [0.15, 0.2) is 9.84 Å². The van der Waals surface area contributed by atoms with Crippen molar-refractivity contribution in [3.8, 4) is 5.75 Å². The fraction of sp³-hybridized carbons (Fsp3) is 0.727. The van der Waals surface area contributed by atoms with E-state index in [0.717, 1.165) is 24.2 Å². The third-order valence-corrected chi connectivity index (χ3v) is 6.73. The summed E-state index contributed by atoms with van der Waals surface area (Å²) >= 11 is 0. The smallest absolute Gasteiger partial charge is 0.150 e. The number of ether oxygens (including phenoxy) is 2. The lowest BCUT2D eigenvalue weighted by molar-refractivity contribution is 0.0720. The van der Waals surface area contributed by atoms with Gasteiger partial charge in [-0.1, -0.05) is 39.8 Å². The van der Waals surface area contributed by atoms with Crippen molar-refractivity contribution in [3.63, 3.8) is 0 Å². The van der Waals surface area contributed by atoms with Crippen molar-refractivity contribution in [1.82, 2.24) is 0 Å². The third-order valence-electron chi connectivity index (χ3n) is 4.82. The first-order valence-electron chi connectivity index (χ1n) is 10.2. The maximum atomic E-state index is 12.5. The average molecular weight is 397 g/mol. The van der Waals surface area contributed by atoms with Crippen LogP contribution in [0.3, 0.4) is 0 Å². The molecule has 154 valence electrons. The summed E-state index contributed by atoms with van der Waals surface area (Å²) in [6, 6.07) is 7.93. The molecule has 1 atom stereocenters. The predicted molar refractivity (Wildman–Crippen MR) is 111 cm³/mol. The van der Waals surface area contributed by atoms with Gasteiger partial charge in [-0.15, -0.1) is 0 Å². The Hall–Kier alpha value is -1.07. The second-order valence-corrected chi connectivity index (χ2v) is 11.3. The molecule has 0 unspecified atom stereocenters. The first kappa shape index (κ1) is 22.2. The molecule has 0 spiro atoms. The quantitative estimate of drug-likeness (QED) is 0.524. The van der Waals surface area contributed by atoms with E-state index in [4.69, 9.17) is 9.47 Å². The Kier molecular flexibility index (Phi) is 8.17. The number of hydrogen-bond donors (Lipinski definition) is 0. The minimum absolute atomic E-state index is 0.0439. The molecule has 0 N–H and O–H groups in total. The molecule has 0 radical (unpaired) electrons. The first-order chi connectivity index (χ1) is 12.6. The highest BCUT2D eigenvalue weighted by Crippen LogP contribution is 2.27. The first-order valence-corrected chi connectivity index (χ1v) is 12.0. The summed E-state index contributed by atoms with van der Waals surface area (Å²) in [4.78, 5) is 0. The molecular weight excluding hydrogens is 360 g/mol. The van der Waals surface area contributed by atoms with Crippen molar-refractivity contribution >= 4 is 9.84 Å². The molecule has 2 rings (SSSR count). The van der Waals surface area contributed by atoms with Crippen LogP contribution >= 0.6 is 0 Å². The minimum Gasteiger partial charge on any atom is -0.490 e. The summed E-state index contributed by atoms with van der Waals surface area (Å²) in [6.07, 6.45) is 5.57. The van der Waals surface area contributed by atoms with E-state index in [-0.39, 0.29) is 22.8 Å². The molecule has 1 aliphatic rings. The SMILES string of the molecule is C[C@@H](CS(=O)(=O)CCCOCC(C)(C)C)c1cccc(OC2CCCC2)c1. The van der Waals surface area contributed by atoms with Crippen LogP contribution in [0.5, 0.6) is 5.75 Å². The Bertz CT molecular complexity index is 670. The zero-order chi connectivity index (χ0) is 19.9. The molecule has 0 aromatic heterocycles. The number of sulfone groups is 1. The van der Waals surface area contributed by atoms with Crippen molar-refractivity contribution < 1.29 is 17.9 Å². The Morgan fingerprint density at radius 1 is 1.19 bits per heavy atom. The molecule has 0 aliphatic heterocycles. The highest BCUT2D eigenvalue weighted by atomic mass is 32.2. The van der Waals surface area contributed by atoms with Crippen molar-refractivity contribution in [1.29, 1.82) is 0 Å². The van der Waals surface area contributed by atoms with Gasteiger partial charge in [-0.05, 0) is 61.1 Å². The number of benzene rings is 1. The molecule has 1 aliphatic carbocycles. The lowest BCUT2D eigenvalue weighted by Gasteiger charge is -2.18. The summed E-state index contributed by atoms with van der Waals surface area (Å²) in [7, 11) is -3.10. The lowest BCUT2D eigenvalue weighted by Crippen LogP contribution is -2.19. The predicted octanol–water partition coefficient (Wildman–Crippen LogP) is 4.98. The van der Waals surface area contributed by atoms with Crippen LogP contribution in [0.25, 0.3) is 0 Å². The number of rotatable bonds is 10. The fourth-order valence-electron chi connectivity index (χ4n) is 3.41. The van der Waals surface area contributed by atoms with Crippen LogP contribution in [0.4, 0.5) is 0 Å². The Morgan fingerprint density at radius 2 is 1.89 bits per heavy atom. The maximum Gasteiger partial charge on any atom is 0.150 e. The van der Waals surface area contributed by atoms with E-state index in [1.807, 2.05) is 31.2 Å². The Labute approximate surface area is 165 Å². The second-order valence-electron chi connectivity index (χ2n) is 9.08. The van der Waals surface area contributed by atoms with Crippen molar-refractivity contribution in [3.05, 3.63) is 29.8 Å². The molecule has 0 bridgehead atoms. The molecule has 0 heterocycles. The van der Waals surface area contributed by atoms with Gasteiger partial charge in [0.2, 0.25) is 0 Å². The van der Waals surface area contributed by atoms with E-state index in [9.17, 15) is 8.42 Å². The van der Waals surface area contributed by atoms with Crippen molar-refractivity contribution in [2.24, 2.45) is 5.41 Å². The normalized spacial score (nSPS) is 17.2. The van der Waals surface area contributed by atoms with E-state index in [1.54, 1.807) is 0 Å². The van der Waals surface area contributed by atoms with Gasteiger partial charge in [0.25, 0.3) is 0 Å². The van der Waals surface area contributed by atoms with Gasteiger partial charge in [0.1, 0.15) is 5.75 Å². The van der Waals surface area contributed by atoms with E-state index in [1.165, 1.54) is 12.8 Å². The van der Waals surface area contributed by atoms with E-state index >= 15 is 0 Å². The fourth-order valence-corrected chi connectivity index (χ4v) is 5.09. The average Bonchev–Trinajstić information content (AvgIpc) is 3.06. The van der Waals surface area contributed by atoms with Gasteiger partial charge in [-0.2, -0.15) is 0 Å². The Balaban J connectivity index is 1.81. The van der Waals surface area contributed by atoms with Crippen LogP contribution in [-0.2, 0) is 14.6 Å². The van der Waals surface area contributed by atoms with Gasteiger partial charge < -0.3 is 9.47 Å². The van der Waals surface area contributed by atoms with Gasteiger partial charge >= 0.3 is 0 Å². The highest BCUT2D eigenvalue weighted by Gasteiger charge is 2.20. The van der Waals surface area contributed by atoms with E-state index < -0.39 is 9.84 Å². The van der Waals surface area contributed by atoms with Gasteiger partial charge in [0, 0.05) is 6.61 Å². The van der Waals surface area contributed by atoms with Crippen LogP contribution in [0, 0.1) is 5.41 Å². The molecule has 0 saturated heterocycles. The highest BCUT2D eigenvalue weighted by molar-refractivity contribution is 7.91. The van der Waals surface area contributed by atoms with Gasteiger partial charge in [-0.25, -0.2) is 8.42 Å². The van der Waals surface area contributed by atoms with E-state index in [2.05, 4.69) is 20.8 Å². The zero-order valence-electron chi connectivity index (χ0n) is 17.4. The number of hydrogen-bond acceptors (Lipinski definition) is 4. The second kappa shape index (κ2) is 9.92. The minimum atomic E-state index is -3.10. The standard InChI is InChI=1S/C22H36O4S/c1-18(16-27(23,24)14-8-13-25-17-22(2,3)4)19-9-7-12-21(15-19)26-20-10-5-6-11-20/h7,9,12,15,18,20H,5-6,8,10-11,13-14,16-17H2,1-4H3/t18-/m0/s1. The molecular formula is C22H36O4S.